The van der Waals surface area contributed by atoms with Gasteiger partial charge in [-0.15, -0.1) is 0 Å². The summed E-state index contributed by atoms with van der Waals surface area (Å²) in [5.41, 5.74) is 6.30. The smallest absolute Gasteiger partial charge is 0.252 e. The quantitative estimate of drug-likeness (QED) is 0.680. The van der Waals surface area contributed by atoms with Crippen molar-refractivity contribution in [2.24, 2.45) is 0 Å². The number of fused-ring (bicyclic) bond motifs is 5. The van der Waals surface area contributed by atoms with Gasteiger partial charge in [0.2, 0.25) is 0 Å². The third-order valence-corrected chi connectivity index (χ3v) is 4.20. The Morgan fingerprint density at radius 2 is 2.14 bits per heavy atom. The second-order valence-corrected chi connectivity index (χ2v) is 6.11. The molecular weight excluding hydrogens is 276 g/mol. The summed E-state index contributed by atoms with van der Waals surface area (Å²) in [5, 5.41) is 11.2. The summed E-state index contributed by atoms with van der Waals surface area (Å²) < 4.78 is 0. The minimum atomic E-state index is -0.0159. The molecule has 2 heterocycles. The van der Waals surface area contributed by atoms with Gasteiger partial charge in [0.15, 0.2) is 0 Å². The van der Waals surface area contributed by atoms with Gasteiger partial charge in [-0.3, -0.25) is 9.89 Å². The first-order valence-electron chi connectivity index (χ1n) is 7.62. The zero-order chi connectivity index (χ0) is 15.3. The van der Waals surface area contributed by atoms with Crippen LogP contribution >= 0.6 is 0 Å². The average molecular weight is 294 g/mol. The number of amides is 1. The fourth-order valence-electron chi connectivity index (χ4n) is 3.29. The van der Waals surface area contributed by atoms with Crippen LogP contribution in [0, 0.1) is 0 Å². The Bertz CT molecular complexity index is 872. The predicted octanol–water partition coefficient (Wildman–Crippen LogP) is 2.79. The highest BCUT2D eigenvalue weighted by molar-refractivity contribution is 6.09. The molecule has 2 aromatic heterocycles. The third kappa shape index (κ3) is 1.85. The van der Waals surface area contributed by atoms with Gasteiger partial charge in [-0.25, -0.2) is 0 Å². The van der Waals surface area contributed by atoms with Crippen molar-refractivity contribution >= 4 is 16.8 Å². The minimum Gasteiger partial charge on any atom is -0.353 e. The first kappa shape index (κ1) is 13.1. The molecule has 0 bridgehead atoms. The zero-order valence-electron chi connectivity index (χ0n) is 12.7. The summed E-state index contributed by atoms with van der Waals surface area (Å²) in [4.78, 5) is 16.0. The molecule has 0 saturated heterocycles. The lowest BCUT2D eigenvalue weighted by molar-refractivity contribution is 0.0945. The van der Waals surface area contributed by atoms with Crippen LogP contribution < -0.4 is 5.32 Å². The van der Waals surface area contributed by atoms with Crippen LogP contribution in [0.5, 0.6) is 0 Å². The molecular formula is C17H18N4O. The lowest BCUT2D eigenvalue weighted by Crippen LogP contribution is -2.30. The Balaban J connectivity index is 1.93. The summed E-state index contributed by atoms with van der Waals surface area (Å²) >= 11 is 0. The van der Waals surface area contributed by atoms with E-state index in [1.807, 2.05) is 38.2 Å². The SMILES string of the molecule is CC(C)NC(=O)c1cccc2[nH]c3c(c12)CCc1cn[nH]c1-3. The average Bonchev–Trinajstić information content (AvgIpc) is 3.09. The van der Waals surface area contributed by atoms with E-state index >= 15 is 0 Å². The van der Waals surface area contributed by atoms with Crippen molar-refractivity contribution in [2.45, 2.75) is 32.7 Å². The van der Waals surface area contributed by atoms with E-state index in [9.17, 15) is 4.79 Å². The summed E-state index contributed by atoms with van der Waals surface area (Å²) in [6.45, 7) is 3.95. The van der Waals surface area contributed by atoms with Crippen molar-refractivity contribution in [3.63, 3.8) is 0 Å². The third-order valence-electron chi connectivity index (χ3n) is 4.20. The van der Waals surface area contributed by atoms with Crippen molar-refractivity contribution in [1.29, 1.82) is 0 Å². The molecule has 1 amide bonds. The molecule has 112 valence electrons. The molecule has 0 aliphatic heterocycles. The van der Waals surface area contributed by atoms with E-state index in [2.05, 4.69) is 20.5 Å². The molecule has 1 aliphatic rings. The van der Waals surface area contributed by atoms with Gasteiger partial charge in [0.25, 0.3) is 5.91 Å². The fraction of sp³-hybridized carbons (Fsp3) is 0.294. The second-order valence-electron chi connectivity index (χ2n) is 6.11. The van der Waals surface area contributed by atoms with E-state index in [1.165, 1.54) is 11.1 Å². The van der Waals surface area contributed by atoms with Crippen LogP contribution in [-0.2, 0) is 12.8 Å². The lowest BCUT2D eigenvalue weighted by atomic mass is 9.92. The van der Waals surface area contributed by atoms with Gasteiger partial charge in [0.1, 0.15) is 0 Å². The molecule has 3 N–H and O–H groups in total. The van der Waals surface area contributed by atoms with E-state index in [0.717, 1.165) is 40.7 Å². The highest BCUT2D eigenvalue weighted by Crippen LogP contribution is 2.37. The number of carbonyl (C=O) groups excluding carboxylic acids is 1. The molecule has 1 aromatic carbocycles. The Morgan fingerprint density at radius 3 is 2.95 bits per heavy atom. The van der Waals surface area contributed by atoms with Crippen LogP contribution in [0.25, 0.3) is 22.3 Å². The minimum absolute atomic E-state index is 0.0159. The molecule has 5 nitrogen and oxygen atoms in total. The van der Waals surface area contributed by atoms with Gasteiger partial charge in [-0.2, -0.15) is 5.10 Å². The Labute approximate surface area is 128 Å². The van der Waals surface area contributed by atoms with Gasteiger partial charge in [-0.05, 0) is 49.9 Å². The van der Waals surface area contributed by atoms with Gasteiger partial charge in [0.05, 0.1) is 17.6 Å². The van der Waals surface area contributed by atoms with Crippen molar-refractivity contribution in [1.82, 2.24) is 20.5 Å². The first-order valence-corrected chi connectivity index (χ1v) is 7.62. The Hall–Kier alpha value is -2.56. The summed E-state index contributed by atoms with van der Waals surface area (Å²) in [5.74, 6) is -0.0159. The van der Waals surface area contributed by atoms with E-state index in [1.54, 1.807) is 0 Å². The van der Waals surface area contributed by atoms with Crippen LogP contribution in [0.1, 0.15) is 35.3 Å². The van der Waals surface area contributed by atoms with E-state index in [4.69, 9.17) is 0 Å². The van der Waals surface area contributed by atoms with Crippen molar-refractivity contribution < 1.29 is 4.79 Å². The number of hydrogen-bond acceptors (Lipinski definition) is 2. The largest absolute Gasteiger partial charge is 0.353 e. The summed E-state index contributed by atoms with van der Waals surface area (Å²) in [7, 11) is 0. The number of aromatic nitrogens is 3. The van der Waals surface area contributed by atoms with Gasteiger partial charge >= 0.3 is 0 Å². The number of H-pyrrole nitrogens is 2. The standard InChI is InChI=1S/C17H18N4O/c1-9(2)19-17(22)12-4-3-5-13-14(12)11-7-6-10-8-18-21-15(10)16(11)20-13/h3-5,8-9,20H,6-7H2,1-2H3,(H,18,21)(H,19,22). The number of rotatable bonds is 2. The van der Waals surface area contributed by atoms with E-state index < -0.39 is 0 Å². The maximum absolute atomic E-state index is 12.5. The predicted molar refractivity (Wildman–Crippen MR) is 85.9 cm³/mol. The molecule has 0 fully saturated rings. The summed E-state index contributed by atoms with van der Waals surface area (Å²) in [6, 6.07) is 5.97. The molecule has 0 saturated carbocycles. The zero-order valence-corrected chi connectivity index (χ0v) is 12.7. The van der Waals surface area contributed by atoms with E-state index in [0.29, 0.717) is 0 Å². The Morgan fingerprint density at radius 1 is 1.27 bits per heavy atom. The van der Waals surface area contributed by atoms with Crippen LogP contribution in [-0.4, -0.2) is 27.1 Å². The number of carbonyl (C=O) groups is 1. The summed E-state index contributed by atoms with van der Waals surface area (Å²) in [6.07, 6.45) is 3.76. The van der Waals surface area contributed by atoms with Crippen molar-refractivity contribution in [2.75, 3.05) is 0 Å². The van der Waals surface area contributed by atoms with Gasteiger partial charge < -0.3 is 10.3 Å². The topological polar surface area (TPSA) is 73.6 Å². The van der Waals surface area contributed by atoms with Crippen molar-refractivity contribution in [3.05, 3.63) is 41.1 Å². The maximum Gasteiger partial charge on any atom is 0.252 e. The fourth-order valence-corrected chi connectivity index (χ4v) is 3.29. The van der Waals surface area contributed by atoms with Crippen LogP contribution in [0.2, 0.25) is 0 Å². The molecule has 5 heteroatoms. The number of aryl methyl sites for hydroxylation is 2. The number of nitrogens with zero attached hydrogens (tertiary/aromatic N) is 1. The van der Waals surface area contributed by atoms with E-state index in [-0.39, 0.29) is 11.9 Å². The number of nitrogens with one attached hydrogen (secondary N) is 3. The molecule has 0 atom stereocenters. The first-order chi connectivity index (χ1) is 10.6. The van der Waals surface area contributed by atoms with Crippen LogP contribution in [0.4, 0.5) is 0 Å². The molecule has 3 aromatic rings. The molecule has 22 heavy (non-hydrogen) atoms. The highest BCUT2D eigenvalue weighted by Gasteiger charge is 2.25. The van der Waals surface area contributed by atoms with Gasteiger partial charge in [-0.1, -0.05) is 6.07 Å². The highest BCUT2D eigenvalue weighted by atomic mass is 16.1. The number of hydrogen-bond donors (Lipinski definition) is 3. The number of aromatic amines is 2. The molecule has 1 aliphatic carbocycles. The molecule has 0 radical (unpaired) electrons. The maximum atomic E-state index is 12.5. The van der Waals surface area contributed by atoms with Gasteiger partial charge in [0, 0.05) is 22.5 Å². The normalized spacial score (nSPS) is 13.2. The van der Waals surface area contributed by atoms with Crippen LogP contribution in [0.3, 0.4) is 0 Å². The van der Waals surface area contributed by atoms with Crippen molar-refractivity contribution in [3.8, 4) is 11.4 Å². The monoisotopic (exact) mass is 294 g/mol. The number of benzene rings is 1. The second kappa shape index (κ2) is 4.73. The molecule has 0 unspecified atom stereocenters. The molecule has 0 spiro atoms. The van der Waals surface area contributed by atoms with Crippen LogP contribution in [0.15, 0.2) is 24.4 Å². The molecule has 4 rings (SSSR count). The lowest BCUT2D eigenvalue weighted by Gasteiger charge is -2.13. The Kier molecular flexibility index (Phi) is 2.82.